The molecule has 0 fully saturated rings. The van der Waals surface area contributed by atoms with Crippen molar-refractivity contribution in [2.75, 3.05) is 19.5 Å². The standard InChI is InChI=1S/C6H10N2OS.2C2H6/c1-7-6-8-5(3-9-2)4-10-6;2*1-2/h4H,3H2,1-2H3,(H,7,8);2*1-2H3. The van der Waals surface area contributed by atoms with Gasteiger partial charge in [0.25, 0.3) is 0 Å². The van der Waals surface area contributed by atoms with E-state index in [0.717, 1.165) is 10.8 Å². The first kappa shape index (κ1) is 15.8. The van der Waals surface area contributed by atoms with E-state index >= 15 is 0 Å². The molecule has 0 aliphatic carbocycles. The number of aromatic nitrogens is 1. The molecule has 0 aromatic carbocycles. The number of ether oxygens (including phenoxy) is 1. The van der Waals surface area contributed by atoms with E-state index in [1.165, 1.54) is 0 Å². The van der Waals surface area contributed by atoms with Gasteiger partial charge in [0.2, 0.25) is 0 Å². The van der Waals surface area contributed by atoms with Gasteiger partial charge in [0.15, 0.2) is 5.13 Å². The van der Waals surface area contributed by atoms with E-state index in [9.17, 15) is 0 Å². The van der Waals surface area contributed by atoms with Crippen molar-refractivity contribution in [1.82, 2.24) is 4.98 Å². The van der Waals surface area contributed by atoms with Gasteiger partial charge >= 0.3 is 0 Å². The maximum Gasteiger partial charge on any atom is 0.182 e. The Balaban J connectivity index is 0. The van der Waals surface area contributed by atoms with Gasteiger partial charge in [0.05, 0.1) is 12.3 Å². The maximum absolute atomic E-state index is 4.90. The molecule has 1 heterocycles. The van der Waals surface area contributed by atoms with Crippen LogP contribution in [-0.2, 0) is 11.3 Å². The maximum atomic E-state index is 4.90. The minimum absolute atomic E-state index is 0.595. The topological polar surface area (TPSA) is 34.2 Å². The first-order chi connectivity index (χ1) is 6.86. The van der Waals surface area contributed by atoms with E-state index < -0.39 is 0 Å². The van der Waals surface area contributed by atoms with Gasteiger partial charge < -0.3 is 10.1 Å². The summed E-state index contributed by atoms with van der Waals surface area (Å²) in [6.07, 6.45) is 0. The minimum Gasteiger partial charge on any atom is -0.378 e. The van der Waals surface area contributed by atoms with Crippen LogP contribution in [0.25, 0.3) is 0 Å². The molecule has 0 spiro atoms. The van der Waals surface area contributed by atoms with Crippen LogP contribution in [0.15, 0.2) is 5.38 Å². The van der Waals surface area contributed by atoms with Crippen LogP contribution in [0.5, 0.6) is 0 Å². The van der Waals surface area contributed by atoms with Gasteiger partial charge in [0, 0.05) is 19.5 Å². The second-order valence-electron chi connectivity index (χ2n) is 1.83. The molecular formula is C10H22N2OS. The number of hydrogen-bond donors (Lipinski definition) is 1. The molecule has 84 valence electrons. The summed E-state index contributed by atoms with van der Waals surface area (Å²) in [5.74, 6) is 0. The smallest absolute Gasteiger partial charge is 0.182 e. The SMILES string of the molecule is CC.CC.CNc1nc(COC)cs1. The Morgan fingerprint density at radius 1 is 1.36 bits per heavy atom. The fourth-order valence-corrected chi connectivity index (χ4v) is 1.29. The van der Waals surface area contributed by atoms with E-state index in [4.69, 9.17) is 4.74 Å². The zero-order valence-corrected chi connectivity index (χ0v) is 10.9. The van der Waals surface area contributed by atoms with Crippen LogP contribution in [0, 0.1) is 0 Å². The molecule has 0 bridgehead atoms. The van der Waals surface area contributed by atoms with Crippen LogP contribution < -0.4 is 5.32 Å². The number of hydrogen-bond acceptors (Lipinski definition) is 4. The van der Waals surface area contributed by atoms with Crippen molar-refractivity contribution < 1.29 is 4.74 Å². The second kappa shape index (κ2) is 12.4. The third-order valence-corrected chi connectivity index (χ3v) is 1.97. The van der Waals surface area contributed by atoms with Crippen LogP contribution in [0.4, 0.5) is 5.13 Å². The number of anilines is 1. The van der Waals surface area contributed by atoms with Gasteiger partial charge in [0.1, 0.15) is 0 Å². The van der Waals surface area contributed by atoms with Crippen molar-refractivity contribution in [3.63, 3.8) is 0 Å². The average Bonchev–Trinajstić information content (AvgIpc) is 2.72. The van der Waals surface area contributed by atoms with Crippen LogP contribution in [0.1, 0.15) is 33.4 Å². The normalized spacial score (nSPS) is 7.86. The summed E-state index contributed by atoms with van der Waals surface area (Å²) in [5.41, 5.74) is 0.983. The average molecular weight is 218 g/mol. The molecular weight excluding hydrogens is 196 g/mol. The Bertz CT molecular complexity index is 202. The first-order valence-electron chi connectivity index (χ1n) is 4.98. The molecule has 0 amide bonds. The Morgan fingerprint density at radius 2 is 1.93 bits per heavy atom. The molecule has 1 aromatic rings. The van der Waals surface area contributed by atoms with Crippen molar-refractivity contribution >= 4 is 16.5 Å². The summed E-state index contributed by atoms with van der Waals surface area (Å²) < 4.78 is 4.90. The fraction of sp³-hybridized carbons (Fsp3) is 0.700. The molecule has 0 unspecified atom stereocenters. The van der Waals surface area contributed by atoms with E-state index in [1.807, 2.05) is 40.1 Å². The van der Waals surface area contributed by atoms with Crippen molar-refractivity contribution in [2.45, 2.75) is 34.3 Å². The quantitative estimate of drug-likeness (QED) is 0.844. The van der Waals surface area contributed by atoms with Gasteiger partial charge in [-0.25, -0.2) is 4.98 Å². The lowest BCUT2D eigenvalue weighted by molar-refractivity contribution is 0.182. The van der Waals surface area contributed by atoms with Gasteiger partial charge in [-0.05, 0) is 0 Å². The molecule has 0 atom stereocenters. The monoisotopic (exact) mass is 218 g/mol. The van der Waals surface area contributed by atoms with Gasteiger partial charge in [-0.3, -0.25) is 0 Å². The lowest BCUT2D eigenvalue weighted by atomic mass is 10.5. The molecule has 0 saturated carbocycles. The third kappa shape index (κ3) is 6.86. The highest BCUT2D eigenvalue weighted by Gasteiger charge is 1.97. The molecule has 0 aliphatic heterocycles. The zero-order valence-electron chi connectivity index (χ0n) is 10.0. The predicted molar refractivity (Wildman–Crippen MR) is 65.1 cm³/mol. The molecule has 3 nitrogen and oxygen atoms in total. The van der Waals surface area contributed by atoms with Crippen molar-refractivity contribution in [3.8, 4) is 0 Å². The lowest BCUT2D eigenvalue weighted by Gasteiger charge is -1.90. The highest BCUT2D eigenvalue weighted by molar-refractivity contribution is 7.13. The van der Waals surface area contributed by atoms with E-state index in [2.05, 4.69) is 10.3 Å². The minimum atomic E-state index is 0.595. The number of nitrogens with zero attached hydrogens (tertiary/aromatic N) is 1. The third-order valence-electron chi connectivity index (χ3n) is 1.06. The fourth-order valence-electron chi connectivity index (χ4n) is 0.636. The zero-order chi connectivity index (χ0) is 11.4. The lowest BCUT2D eigenvalue weighted by Crippen LogP contribution is -1.89. The number of nitrogens with one attached hydrogen (secondary N) is 1. The first-order valence-corrected chi connectivity index (χ1v) is 5.86. The summed E-state index contributed by atoms with van der Waals surface area (Å²) in [6, 6.07) is 0. The Morgan fingerprint density at radius 3 is 2.29 bits per heavy atom. The van der Waals surface area contributed by atoms with Gasteiger partial charge in [-0.1, -0.05) is 27.7 Å². The molecule has 0 saturated heterocycles. The van der Waals surface area contributed by atoms with Gasteiger partial charge in [-0.15, -0.1) is 11.3 Å². The highest BCUT2D eigenvalue weighted by Crippen LogP contribution is 2.14. The summed E-state index contributed by atoms with van der Waals surface area (Å²) in [4.78, 5) is 4.20. The summed E-state index contributed by atoms with van der Waals surface area (Å²) in [7, 11) is 3.52. The molecule has 1 aromatic heterocycles. The van der Waals surface area contributed by atoms with E-state index in [1.54, 1.807) is 18.4 Å². The van der Waals surface area contributed by atoms with Crippen LogP contribution in [-0.4, -0.2) is 19.1 Å². The number of rotatable bonds is 3. The Hall–Kier alpha value is -0.610. The second-order valence-corrected chi connectivity index (χ2v) is 2.69. The van der Waals surface area contributed by atoms with Crippen LogP contribution >= 0.6 is 11.3 Å². The summed E-state index contributed by atoms with van der Waals surface area (Å²) in [5, 5.41) is 5.88. The highest BCUT2D eigenvalue weighted by atomic mass is 32.1. The largest absolute Gasteiger partial charge is 0.378 e. The summed E-state index contributed by atoms with van der Waals surface area (Å²) >= 11 is 1.59. The van der Waals surface area contributed by atoms with Crippen LogP contribution in [0.2, 0.25) is 0 Å². The molecule has 1 N–H and O–H groups in total. The molecule has 14 heavy (non-hydrogen) atoms. The molecule has 0 radical (unpaired) electrons. The molecule has 4 heteroatoms. The molecule has 0 aliphatic rings. The van der Waals surface area contributed by atoms with Crippen molar-refractivity contribution in [3.05, 3.63) is 11.1 Å². The van der Waals surface area contributed by atoms with E-state index in [-0.39, 0.29) is 0 Å². The van der Waals surface area contributed by atoms with Crippen molar-refractivity contribution in [1.29, 1.82) is 0 Å². The molecule has 1 rings (SSSR count). The van der Waals surface area contributed by atoms with Gasteiger partial charge in [-0.2, -0.15) is 0 Å². The van der Waals surface area contributed by atoms with E-state index in [0.29, 0.717) is 6.61 Å². The summed E-state index contributed by atoms with van der Waals surface area (Å²) in [6.45, 7) is 8.60. The van der Waals surface area contributed by atoms with Crippen molar-refractivity contribution in [2.24, 2.45) is 0 Å². The van der Waals surface area contributed by atoms with Crippen LogP contribution in [0.3, 0.4) is 0 Å². The predicted octanol–water partition coefficient (Wildman–Crippen LogP) is 3.38. The Labute approximate surface area is 91.5 Å². The number of methoxy groups -OCH3 is 1. The Kier molecular flexibility index (Phi) is 14.0. The number of thiazole rings is 1.